The first-order valence-corrected chi connectivity index (χ1v) is 7.16. The molecule has 0 aromatic carbocycles. The van der Waals surface area contributed by atoms with E-state index in [1.807, 2.05) is 0 Å². The summed E-state index contributed by atoms with van der Waals surface area (Å²) in [5.41, 5.74) is 0.472. The summed E-state index contributed by atoms with van der Waals surface area (Å²) >= 11 is 0. The Morgan fingerprint density at radius 2 is 2.00 bits per heavy atom. The molecule has 16 heavy (non-hydrogen) atoms. The van der Waals surface area contributed by atoms with Crippen molar-refractivity contribution in [1.29, 1.82) is 0 Å². The number of nitrogens with zero attached hydrogens (tertiary/aromatic N) is 1. The van der Waals surface area contributed by atoms with Crippen molar-refractivity contribution in [2.75, 3.05) is 26.2 Å². The van der Waals surface area contributed by atoms with Gasteiger partial charge in [-0.15, -0.1) is 0 Å². The highest BCUT2D eigenvalue weighted by atomic mass is 15.1. The van der Waals surface area contributed by atoms with Gasteiger partial charge in [0, 0.05) is 5.54 Å². The zero-order chi connectivity index (χ0) is 11.6. The highest BCUT2D eigenvalue weighted by Crippen LogP contribution is 2.39. The molecule has 0 spiro atoms. The summed E-state index contributed by atoms with van der Waals surface area (Å²) in [6, 6.07) is 0. The molecule has 0 amide bonds. The van der Waals surface area contributed by atoms with Crippen LogP contribution < -0.4 is 5.32 Å². The molecule has 2 rings (SSSR count). The Morgan fingerprint density at radius 3 is 2.44 bits per heavy atom. The van der Waals surface area contributed by atoms with Crippen molar-refractivity contribution in [2.24, 2.45) is 11.8 Å². The molecule has 2 saturated heterocycles. The van der Waals surface area contributed by atoms with Crippen LogP contribution in [0.5, 0.6) is 0 Å². The van der Waals surface area contributed by atoms with E-state index >= 15 is 0 Å². The molecular weight excluding hydrogens is 196 g/mol. The normalized spacial score (nSPS) is 33.8. The fourth-order valence-corrected chi connectivity index (χ4v) is 3.87. The van der Waals surface area contributed by atoms with Gasteiger partial charge in [-0.2, -0.15) is 0 Å². The van der Waals surface area contributed by atoms with E-state index in [1.165, 1.54) is 51.9 Å². The number of hydrogen-bond donors (Lipinski definition) is 1. The minimum Gasteiger partial charge on any atom is -0.311 e. The maximum Gasteiger partial charge on any atom is 0.0233 e. The van der Waals surface area contributed by atoms with Gasteiger partial charge < -0.3 is 10.2 Å². The van der Waals surface area contributed by atoms with Crippen LogP contribution >= 0.6 is 0 Å². The predicted octanol–water partition coefficient (Wildman–Crippen LogP) is 2.50. The van der Waals surface area contributed by atoms with Crippen molar-refractivity contribution in [2.45, 2.75) is 52.0 Å². The second-order valence-corrected chi connectivity index (χ2v) is 5.93. The van der Waals surface area contributed by atoms with Crippen molar-refractivity contribution in [3.63, 3.8) is 0 Å². The van der Waals surface area contributed by atoms with Crippen molar-refractivity contribution in [1.82, 2.24) is 10.2 Å². The SMILES string of the molecule is CCN1CCC(C2(C(C)C)CCCN2)CC1. The monoisotopic (exact) mass is 224 g/mol. The van der Waals surface area contributed by atoms with Crippen LogP contribution in [-0.2, 0) is 0 Å². The summed E-state index contributed by atoms with van der Waals surface area (Å²) in [5.74, 6) is 1.70. The van der Waals surface area contributed by atoms with Crippen LogP contribution in [0.3, 0.4) is 0 Å². The number of hydrogen-bond acceptors (Lipinski definition) is 2. The number of piperidine rings is 1. The lowest BCUT2D eigenvalue weighted by Crippen LogP contribution is -2.54. The van der Waals surface area contributed by atoms with Crippen LogP contribution in [0.2, 0.25) is 0 Å². The van der Waals surface area contributed by atoms with Crippen LogP contribution in [-0.4, -0.2) is 36.6 Å². The first-order valence-electron chi connectivity index (χ1n) is 7.16. The minimum atomic E-state index is 0.472. The molecule has 2 aliphatic heterocycles. The van der Waals surface area contributed by atoms with Gasteiger partial charge in [0.05, 0.1) is 0 Å². The van der Waals surface area contributed by atoms with Crippen LogP contribution in [0.4, 0.5) is 0 Å². The van der Waals surface area contributed by atoms with Crippen LogP contribution in [0.15, 0.2) is 0 Å². The molecule has 1 atom stereocenters. The Kier molecular flexibility index (Phi) is 3.91. The van der Waals surface area contributed by atoms with Gasteiger partial charge in [0.15, 0.2) is 0 Å². The Bertz CT molecular complexity index is 211. The van der Waals surface area contributed by atoms with Crippen LogP contribution in [0.25, 0.3) is 0 Å². The summed E-state index contributed by atoms with van der Waals surface area (Å²) in [6.45, 7) is 12.2. The first-order chi connectivity index (χ1) is 7.69. The third kappa shape index (κ3) is 2.14. The van der Waals surface area contributed by atoms with Gasteiger partial charge in [-0.25, -0.2) is 0 Å². The van der Waals surface area contributed by atoms with Gasteiger partial charge in [0.25, 0.3) is 0 Å². The van der Waals surface area contributed by atoms with Gasteiger partial charge in [-0.3, -0.25) is 0 Å². The first kappa shape index (κ1) is 12.4. The topological polar surface area (TPSA) is 15.3 Å². The molecule has 2 fully saturated rings. The highest BCUT2D eigenvalue weighted by molar-refractivity contribution is 5.01. The smallest absolute Gasteiger partial charge is 0.0233 e. The van der Waals surface area contributed by atoms with Gasteiger partial charge in [-0.05, 0) is 63.7 Å². The lowest BCUT2D eigenvalue weighted by Gasteiger charge is -2.45. The summed E-state index contributed by atoms with van der Waals surface area (Å²) in [7, 11) is 0. The molecular formula is C14H28N2. The average Bonchev–Trinajstić information content (AvgIpc) is 2.79. The summed E-state index contributed by atoms with van der Waals surface area (Å²) < 4.78 is 0. The average molecular weight is 224 g/mol. The minimum absolute atomic E-state index is 0.472. The molecule has 0 aliphatic carbocycles. The molecule has 1 unspecified atom stereocenters. The third-order valence-electron chi connectivity index (χ3n) is 5.01. The van der Waals surface area contributed by atoms with Crippen molar-refractivity contribution in [3.05, 3.63) is 0 Å². The summed E-state index contributed by atoms with van der Waals surface area (Å²) in [6.07, 6.45) is 5.59. The van der Waals surface area contributed by atoms with E-state index in [0.29, 0.717) is 5.54 Å². The molecule has 2 aliphatic rings. The second kappa shape index (κ2) is 5.05. The molecule has 0 aromatic rings. The van der Waals surface area contributed by atoms with Gasteiger partial charge in [-0.1, -0.05) is 20.8 Å². The lowest BCUT2D eigenvalue weighted by atomic mass is 9.70. The maximum atomic E-state index is 3.85. The van der Waals surface area contributed by atoms with E-state index in [0.717, 1.165) is 11.8 Å². The van der Waals surface area contributed by atoms with E-state index in [4.69, 9.17) is 0 Å². The highest BCUT2D eigenvalue weighted by Gasteiger charge is 2.44. The molecule has 0 saturated carbocycles. The molecule has 0 aromatic heterocycles. The standard InChI is InChI=1S/C14H28N2/c1-4-16-10-6-13(7-11-16)14(12(2)3)8-5-9-15-14/h12-13,15H,4-11H2,1-3H3. The number of rotatable bonds is 3. The quantitative estimate of drug-likeness (QED) is 0.792. The molecule has 0 radical (unpaired) electrons. The summed E-state index contributed by atoms with van der Waals surface area (Å²) in [4.78, 5) is 2.60. The van der Waals surface area contributed by atoms with E-state index in [9.17, 15) is 0 Å². The largest absolute Gasteiger partial charge is 0.311 e. The Morgan fingerprint density at radius 1 is 1.31 bits per heavy atom. The Labute approximate surface area is 101 Å². The van der Waals surface area contributed by atoms with E-state index in [-0.39, 0.29) is 0 Å². The molecule has 0 bridgehead atoms. The number of nitrogens with one attached hydrogen (secondary N) is 1. The van der Waals surface area contributed by atoms with Crippen molar-refractivity contribution < 1.29 is 0 Å². The van der Waals surface area contributed by atoms with E-state index < -0.39 is 0 Å². The zero-order valence-corrected chi connectivity index (χ0v) is 11.3. The fourth-order valence-electron chi connectivity index (χ4n) is 3.87. The van der Waals surface area contributed by atoms with Gasteiger partial charge >= 0.3 is 0 Å². The maximum absolute atomic E-state index is 3.85. The number of likely N-dealkylation sites (tertiary alicyclic amines) is 1. The fraction of sp³-hybridized carbons (Fsp3) is 1.00. The predicted molar refractivity (Wildman–Crippen MR) is 69.6 cm³/mol. The Hall–Kier alpha value is -0.0800. The summed E-state index contributed by atoms with van der Waals surface area (Å²) in [5, 5.41) is 3.85. The van der Waals surface area contributed by atoms with E-state index in [1.54, 1.807) is 0 Å². The van der Waals surface area contributed by atoms with Crippen LogP contribution in [0, 0.1) is 11.8 Å². The molecule has 94 valence electrons. The Balaban J connectivity index is 2.00. The lowest BCUT2D eigenvalue weighted by molar-refractivity contribution is 0.0893. The molecule has 1 N–H and O–H groups in total. The van der Waals surface area contributed by atoms with Gasteiger partial charge in [0.2, 0.25) is 0 Å². The molecule has 2 heteroatoms. The van der Waals surface area contributed by atoms with Gasteiger partial charge in [0.1, 0.15) is 0 Å². The zero-order valence-electron chi connectivity index (χ0n) is 11.3. The third-order valence-corrected chi connectivity index (χ3v) is 5.01. The molecule has 2 nitrogen and oxygen atoms in total. The van der Waals surface area contributed by atoms with Crippen LogP contribution in [0.1, 0.15) is 46.5 Å². The second-order valence-electron chi connectivity index (χ2n) is 5.93. The molecule has 2 heterocycles. The van der Waals surface area contributed by atoms with E-state index in [2.05, 4.69) is 31.0 Å². The van der Waals surface area contributed by atoms with Crippen molar-refractivity contribution >= 4 is 0 Å². The van der Waals surface area contributed by atoms with Crippen molar-refractivity contribution in [3.8, 4) is 0 Å².